The Bertz CT molecular complexity index is 918. The van der Waals surface area contributed by atoms with Crippen molar-refractivity contribution in [1.29, 1.82) is 0 Å². The van der Waals surface area contributed by atoms with E-state index in [2.05, 4.69) is 20.3 Å². The van der Waals surface area contributed by atoms with E-state index >= 15 is 0 Å². The molecule has 1 aromatic carbocycles. The van der Waals surface area contributed by atoms with Gasteiger partial charge >= 0.3 is 0 Å². The first-order valence-electron chi connectivity index (χ1n) is 7.07. The Balaban J connectivity index is 2.02. The number of benzene rings is 1. The second-order valence-electron chi connectivity index (χ2n) is 4.76. The average Bonchev–Trinajstić information content (AvgIpc) is 3.01. The molecule has 8 heteroatoms. The van der Waals surface area contributed by atoms with Crippen molar-refractivity contribution in [2.45, 2.75) is 0 Å². The molecule has 0 spiro atoms. The molecule has 1 N–H and O–H groups in total. The first-order chi connectivity index (χ1) is 11.7. The van der Waals surface area contributed by atoms with Crippen LogP contribution in [0.3, 0.4) is 0 Å². The fourth-order valence-corrected chi connectivity index (χ4v) is 2.32. The zero-order valence-electron chi connectivity index (χ0n) is 13.1. The van der Waals surface area contributed by atoms with E-state index < -0.39 is 0 Å². The van der Waals surface area contributed by atoms with Crippen LogP contribution in [0.4, 0.5) is 0 Å². The van der Waals surface area contributed by atoms with E-state index in [1.165, 1.54) is 4.68 Å². The van der Waals surface area contributed by atoms with Crippen LogP contribution >= 0.6 is 12.2 Å². The largest absolute Gasteiger partial charge is 0.497 e. The minimum absolute atomic E-state index is 0.381. The SMILES string of the molecule is COc1ccc(OC)c(C=Nn2c(-c3cccnc3)n[nH]c2=S)c1. The van der Waals surface area contributed by atoms with Crippen molar-refractivity contribution in [2.24, 2.45) is 5.10 Å². The molecule has 0 radical (unpaired) electrons. The van der Waals surface area contributed by atoms with Gasteiger partial charge in [-0.3, -0.25) is 4.98 Å². The van der Waals surface area contributed by atoms with Crippen LogP contribution in [0.15, 0.2) is 47.8 Å². The van der Waals surface area contributed by atoms with Crippen LogP contribution in [0.5, 0.6) is 11.5 Å². The van der Waals surface area contributed by atoms with Gasteiger partial charge in [0.1, 0.15) is 11.5 Å². The van der Waals surface area contributed by atoms with E-state index in [4.69, 9.17) is 21.7 Å². The molecule has 0 saturated carbocycles. The second-order valence-corrected chi connectivity index (χ2v) is 5.15. The summed E-state index contributed by atoms with van der Waals surface area (Å²) in [4.78, 5) is 4.09. The number of methoxy groups -OCH3 is 2. The van der Waals surface area contributed by atoms with Crippen molar-refractivity contribution in [3.8, 4) is 22.9 Å². The highest BCUT2D eigenvalue weighted by Gasteiger charge is 2.08. The maximum absolute atomic E-state index is 5.34. The average molecular weight is 341 g/mol. The molecule has 0 bridgehead atoms. The van der Waals surface area contributed by atoms with Gasteiger partial charge in [0, 0.05) is 23.5 Å². The van der Waals surface area contributed by atoms with Gasteiger partial charge in [-0.2, -0.15) is 14.9 Å². The standard InChI is InChI=1S/C16H15N5O2S/c1-22-13-5-6-14(23-2)12(8-13)10-18-21-15(19-20-16(21)24)11-4-3-7-17-9-11/h3-10H,1-2H3,(H,20,24). The zero-order valence-corrected chi connectivity index (χ0v) is 13.9. The number of aromatic amines is 1. The predicted molar refractivity (Wildman–Crippen MR) is 93.2 cm³/mol. The molecule has 3 rings (SSSR count). The fraction of sp³-hybridized carbons (Fsp3) is 0.125. The minimum Gasteiger partial charge on any atom is -0.497 e. The molecule has 24 heavy (non-hydrogen) atoms. The number of hydrogen-bond donors (Lipinski definition) is 1. The van der Waals surface area contributed by atoms with Crippen molar-refractivity contribution in [3.05, 3.63) is 53.1 Å². The summed E-state index contributed by atoms with van der Waals surface area (Å²) in [5.41, 5.74) is 1.57. The number of rotatable bonds is 5. The fourth-order valence-electron chi connectivity index (χ4n) is 2.14. The zero-order chi connectivity index (χ0) is 16.9. The smallest absolute Gasteiger partial charge is 0.216 e. The van der Waals surface area contributed by atoms with E-state index in [1.807, 2.05) is 30.3 Å². The van der Waals surface area contributed by atoms with Crippen molar-refractivity contribution in [2.75, 3.05) is 14.2 Å². The third-order valence-electron chi connectivity index (χ3n) is 3.32. The van der Waals surface area contributed by atoms with Gasteiger partial charge in [0.2, 0.25) is 4.77 Å². The maximum Gasteiger partial charge on any atom is 0.216 e. The van der Waals surface area contributed by atoms with Crippen LogP contribution in [-0.4, -0.2) is 40.3 Å². The van der Waals surface area contributed by atoms with Crippen LogP contribution in [0, 0.1) is 4.77 Å². The van der Waals surface area contributed by atoms with E-state index in [-0.39, 0.29) is 0 Å². The number of H-pyrrole nitrogens is 1. The quantitative estimate of drug-likeness (QED) is 0.570. The van der Waals surface area contributed by atoms with Crippen LogP contribution in [-0.2, 0) is 0 Å². The molecule has 0 unspecified atom stereocenters. The lowest BCUT2D eigenvalue weighted by atomic mass is 10.2. The van der Waals surface area contributed by atoms with Crippen molar-refractivity contribution < 1.29 is 9.47 Å². The topological polar surface area (TPSA) is 77.3 Å². The summed E-state index contributed by atoms with van der Waals surface area (Å²) >= 11 is 5.25. The third kappa shape index (κ3) is 3.18. The van der Waals surface area contributed by atoms with Crippen molar-refractivity contribution in [3.63, 3.8) is 0 Å². The van der Waals surface area contributed by atoms with Crippen LogP contribution in [0.2, 0.25) is 0 Å². The summed E-state index contributed by atoms with van der Waals surface area (Å²) in [6, 6.07) is 9.18. The van der Waals surface area contributed by atoms with Gasteiger partial charge in [0.15, 0.2) is 5.82 Å². The Morgan fingerprint density at radius 3 is 2.83 bits per heavy atom. The monoisotopic (exact) mass is 341 g/mol. The highest BCUT2D eigenvalue weighted by Crippen LogP contribution is 2.23. The number of nitrogens with zero attached hydrogens (tertiary/aromatic N) is 4. The van der Waals surface area contributed by atoms with Crippen molar-refractivity contribution >= 4 is 18.4 Å². The van der Waals surface area contributed by atoms with E-state index in [0.29, 0.717) is 22.1 Å². The van der Waals surface area contributed by atoms with Gasteiger partial charge in [-0.05, 0) is 42.5 Å². The van der Waals surface area contributed by atoms with Gasteiger partial charge in [0.25, 0.3) is 0 Å². The Kier molecular flexibility index (Phi) is 4.66. The van der Waals surface area contributed by atoms with Gasteiger partial charge in [-0.25, -0.2) is 5.10 Å². The van der Waals surface area contributed by atoms with Gasteiger partial charge < -0.3 is 9.47 Å². The molecule has 3 aromatic rings. The lowest BCUT2D eigenvalue weighted by Crippen LogP contribution is -1.97. The van der Waals surface area contributed by atoms with Crippen LogP contribution in [0.1, 0.15) is 5.56 Å². The molecular formula is C16H15N5O2S. The molecule has 0 fully saturated rings. The molecule has 0 aliphatic carbocycles. The number of pyridine rings is 1. The van der Waals surface area contributed by atoms with Gasteiger partial charge in [-0.15, -0.1) is 0 Å². The summed E-state index contributed by atoms with van der Waals surface area (Å²) < 4.78 is 12.5. The number of hydrogen-bond acceptors (Lipinski definition) is 6. The molecule has 0 atom stereocenters. The summed E-state index contributed by atoms with van der Waals surface area (Å²) in [6.45, 7) is 0. The Labute approximate surface area is 143 Å². The molecule has 2 aromatic heterocycles. The predicted octanol–water partition coefficient (Wildman–Crippen LogP) is 2.90. The van der Waals surface area contributed by atoms with E-state index in [0.717, 1.165) is 11.1 Å². The number of aromatic nitrogens is 4. The summed E-state index contributed by atoms with van der Waals surface area (Å²) in [5, 5.41) is 11.4. The Morgan fingerprint density at radius 2 is 2.12 bits per heavy atom. The second kappa shape index (κ2) is 7.05. The summed E-state index contributed by atoms with van der Waals surface area (Å²) in [6.07, 6.45) is 5.04. The highest BCUT2D eigenvalue weighted by molar-refractivity contribution is 7.71. The highest BCUT2D eigenvalue weighted by atomic mass is 32.1. The number of nitrogens with one attached hydrogen (secondary N) is 1. The van der Waals surface area contributed by atoms with Crippen LogP contribution < -0.4 is 9.47 Å². The van der Waals surface area contributed by atoms with E-state index in [9.17, 15) is 0 Å². The molecule has 122 valence electrons. The first kappa shape index (κ1) is 15.9. The lowest BCUT2D eigenvalue weighted by Gasteiger charge is -2.07. The molecular weight excluding hydrogens is 326 g/mol. The Hall–Kier alpha value is -3.00. The van der Waals surface area contributed by atoms with Gasteiger partial charge in [-0.1, -0.05) is 0 Å². The third-order valence-corrected chi connectivity index (χ3v) is 3.58. The number of ether oxygens (including phenoxy) is 2. The van der Waals surface area contributed by atoms with E-state index in [1.54, 1.807) is 32.8 Å². The summed E-state index contributed by atoms with van der Waals surface area (Å²) in [5.74, 6) is 1.96. The Morgan fingerprint density at radius 1 is 1.25 bits per heavy atom. The lowest BCUT2D eigenvalue weighted by molar-refractivity contribution is 0.402. The molecule has 0 amide bonds. The first-order valence-corrected chi connectivity index (χ1v) is 7.48. The normalized spacial score (nSPS) is 10.9. The molecule has 0 aliphatic rings. The molecule has 2 heterocycles. The maximum atomic E-state index is 5.34. The molecule has 0 saturated heterocycles. The van der Waals surface area contributed by atoms with Crippen LogP contribution in [0.25, 0.3) is 11.4 Å². The van der Waals surface area contributed by atoms with Crippen molar-refractivity contribution in [1.82, 2.24) is 19.9 Å². The van der Waals surface area contributed by atoms with Gasteiger partial charge in [0.05, 0.1) is 20.4 Å². The molecule has 7 nitrogen and oxygen atoms in total. The molecule has 0 aliphatic heterocycles. The summed E-state index contributed by atoms with van der Waals surface area (Å²) in [7, 11) is 3.21. The minimum atomic E-state index is 0.381.